The Balaban J connectivity index is 2.11. The van der Waals surface area contributed by atoms with Crippen LogP contribution in [0.2, 0.25) is 0 Å². The van der Waals surface area contributed by atoms with E-state index in [1.165, 1.54) is 0 Å². The van der Waals surface area contributed by atoms with Gasteiger partial charge >= 0.3 is 0 Å². The molecule has 0 amide bonds. The number of nitrogens with zero attached hydrogens (tertiary/aromatic N) is 1. The summed E-state index contributed by atoms with van der Waals surface area (Å²) in [4.78, 5) is 4.38. The number of nitrogens with one attached hydrogen (secondary N) is 1. The second kappa shape index (κ2) is 4.75. The Morgan fingerprint density at radius 1 is 1.27 bits per heavy atom. The average molecular weight is 201 g/mol. The van der Waals surface area contributed by atoms with Gasteiger partial charge in [0.05, 0.1) is 5.69 Å². The molecule has 1 aromatic rings. The molecular weight excluding hydrogens is 186 g/mol. The van der Waals surface area contributed by atoms with Crippen molar-refractivity contribution in [1.82, 2.24) is 5.32 Å². The van der Waals surface area contributed by atoms with Gasteiger partial charge in [-0.1, -0.05) is 18.2 Å². The summed E-state index contributed by atoms with van der Waals surface area (Å²) in [6.07, 6.45) is 2.77. The third kappa shape index (κ3) is 2.67. The molecule has 0 fully saturated rings. The molecule has 0 aliphatic carbocycles. The van der Waals surface area contributed by atoms with Gasteiger partial charge in [0.2, 0.25) is 0 Å². The number of para-hydroxylation sites is 1. The molecule has 0 bridgehead atoms. The predicted molar refractivity (Wildman–Crippen MR) is 63.3 cm³/mol. The number of hydrogen-bond donors (Lipinski definition) is 2. The van der Waals surface area contributed by atoms with Gasteiger partial charge in [-0.05, 0) is 18.6 Å². The van der Waals surface area contributed by atoms with Gasteiger partial charge < -0.3 is 11.1 Å². The van der Waals surface area contributed by atoms with Crippen LogP contribution in [0.3, 0.4) is 0 Å². The summed E-state index contributed by atoms with van der Waals surface area (Å²) in [6.45, 7) is 1.79. The fraction of sp³-hybridized carbons (Fsp3) is 0.250. The smallest absolute Gasteiger partial charge is 0.0629 e. The van der Waals surface area contributed by atoms with E-state index in [-0.39, 0.29) is 0 Å². The van der Waals surface area contributed by atoms with Gasteiger partial charge in [0.15, 0.2) is 0 Å². The highest BCUT2D eigenvalue weighted by molar-refractivity contribution is 5.82. The van der Waals surface area contributed by atoms with Crippen LogP contribution in [0.1, 0.15) is 6.42 Å². The highest BCUT2D eigenvalue weighted by Gasteiger charge is 2.06. The summed E-state index contributed by atoms with van der Waals surface area (Å²) < 4.78 is 0. The molecule has 0 unspecified atom stereocenters. The first kappa shape index (κ1) is 9.93. The van der Waals surface area contributed by atoms with E-state index in [9.17, 15) is 0 Å². The SMILES string of the molecule is NC1=C(C=Nc2ccccc2)CNCC1. The molecule has 3 heteroatoms. The van der Waals surface area contributed by atoms with E-state index in [2.05, 4.69) is 10.3 Å². The molecule has 1 aromatic carbocycles. The molecule has 0 saturated carbocycles. The van der Waals surface area contributed by atoms with Crippen LogP contribution in [0.4, 0.5) is 5.69 Å². The van der Waals surface area contributed by atoms with Gasteiger partial charge in [0.25, 0.3) is 0 Å². The van der Waals surface area contributed by atoms with E-state index in [0.29, 0.717) is 0 Å². The van der Waals surface area contributed by atoms with Crippen molar-refractivity contribution in [1.29, 1.82) is 0 Å². The van der Waals surface area contributed by atoms with Gasteiger partial charge in [0.1, 0.15) is 0 Å². The molecule has 0 aromatic heterocycles. The normalized spacial score (nSPS) is 17.3. The Labute approximate surface area is 89.7 Å². The zero-order valence-corrected chi connectivity index (χ0v) is 8.61. The lowest BCUT2D eigenvalue weighted by atomic mass is 10.1. The number of rotatable bonds is 2. The standard InChI is InChI=1S/C12H15N3/c13-12-6-7-14-8-10(12)9-15-11-4-2-1-3-5-11/h1-5,9,14H,6-8,13H2. The molecule has 0 atom stereocenters. The zero-order chi connectivity index (χ0) is 10.5. The molecule has 78 valence electrons. The summed E-state index contributed by atoms with van der Waals surface area (Å²) in [5, 5.41) is 3.27. The van der Waals surface area contributed by atoms with Crippen molar-refractivity contribution in [2.45, 2.75) is 6.42 Å². The predicted octanol–water partition coefficient (Wildman–Crippen LogP) is 1.59. The Kier molecular flexibility index (Phi) is 3.15. The summed E-state index contributed by atoms with van der Waals surface area (Å²) in [6, 6.07) is 9.88. The number of nitrogens with two attached hydrogens (primary N) is 1. The van der Waals surface area contributed by atoms with Crippen LogP contribution < -0.4 is 11.1 Å². The number of aliphatic imine (C=N–C) groups is 1. The van der Waals surface area contributed by atoms with Gasteiger partial charge in [-0.25, -0.2) is 0 Å². The minimum atomic E-state index is 0.822. The topological polar surface area (TPSA) is 50.4 Å². The Morgan fingerprint density at radius 2 is 2.07 bits per heavy atom. The molecule has 1 aliphatic rings. The number of hydrogen-bond acceptors (Lipinski definition) is 3. The summed E-state index contributed by atoms with van der Waals surface area (Å²) in [5.74, 6) is 0. The molecule has 3 N–H and O–H groups in total. The van der Waals surface area contributed by atoms with Gasteiger partial charge in [-0.2, -0.15) is 0 Å². The molecule has 2 rings (SSSR count). The van der Waals surface area contributed by atoms with Crippen LogP contribution in [0.25, 0.3) is 0 Å². The van der Waals surface area contributed by atoms with Crippen LogP contribution in [0.15, 0.2) is 46.6 Å². The maximum atomic E-state index is 5.89. The van der Waals surface area contributed by atoms with Crippen LogP contribution in [-0.2, 0) is 0 Å². The largest absolute Gasteiger partial charge is 0.402 e. The lowest BCUT2D eigenvalue weighted by Gasteiger charge is -2.15. The second-order valence-corrected chi connectivity index (χ2v) is 3.57. The zero-order valence-electron chi connectivity index (χ0n) is 8.61. The minimum Gasteiger partial charge on any atom is -0.402 e. The van der Waals surface area contributed by atoms with E-state index in [0.717, 1.165) is 36.5 Å². The average Bonchev–Trinajstić information content (AvgIpc) is 2.29. The van der Waals surface area contributed by atoms with Crippen LogP contribution in [-0.4, -0.2) is 19.3 Å². The first-order chi connectivity index (χ1) is 7.36. The highest BCUT2D eigenvalue weighted by atomic mass is 14.9. The molecule has 1 aliphatic heterocycles. The van der Waals surface area contributed by atoms with Crippen LogP contribution in [0.5, 0.6) is 0 Å². The maximum absolute atomic E-state index is 5.89. The minimum absolute atomic E-state index is 0.822. The van der Waals surface area contributed by atoms with Crippen molar-refractivity contribution in [3.8, 4) is 0 Å². The van der Waals surface area contributed by atoms with Gasteiger partial charge in [-0.15, -0.1) is 0 Å². The summed E-state index contributed by atoms with van der Waals surface area (Å²) in [7, 11) is 0. The van der Waals surface area contributed by atoms with Crippen molar-refractivity contribution in [3.63, 3.8) is 0 Å². The third-order valence-corrected chi connectivity index (χ3v) is 2.42. The lowest BCUT2D eigenvalue weighted by molar-refractivity contribution is 0.687. The molecule has 0 radical (unpaired) electrons. The fourth-order valence-corrected chi connectivity index (χ4v) is 1.52. The Bertz CT molecular complexity index is 379. The van der Waals surface area contributed by atoms with Crippen molar-refractivity contribution in [3.05, 3.63) is 41.6 Å². The first-order valence-electron chi connectivity index (χ1n) is 5.13. The lowest BCUT2D eigenvalue weighted by Crippen LogP contribution is -2.28. The highest BCUT2D eigenvalue weighted by Crippen LogP contribution is 2.11. The van der Waals surface area contributed by atoms with Crippen molar-refractivity contribution < 1.29 is 0 Å². The van der Waals surface area contributed by atoms with Gasteiger partial charge in [-0.3, -0.25) is 4.99 Å². The van der Waals surface area contributed by atoms with E-state index < -0.39 is 0 Å². The van der Waals surface area contributed by atoms with E-state index >= 15 is 0 Å². The molecule has 0 saturated heterocycles. The summed E-state index contributed by atoms with van der Waals surface area (Å²) in [5.41, 5.74) is 8.91. The summed E-state index contributed by atoms with van der Waals surface area (Å²) >= 11 is 0. The van der Waals surface area contributed by atoms with E-state index in [1.54, 1.807) is 0 Å². The molecular formula is C12H15N3. The fourth-order valence-electron chi connectivity index (χ4n) is 1.52. The van der Waals surface area contributed by atoms with Crippen molar-refractivity contribution in [2.75, 3.05) is 13.1 Å². The number of benzene rings is 1. The molecule has 3 nitrogen and oxygen atoms in total. The Hall–Kier alpha value is -1.61. The molecule has 0 spiro atoms. The van der Waals surface area contributed by atoms with E-state index in [4.69, 9.17) is 5.73 Å². The van der Waals surface area contributed by atoms with Gasteiger partial charge in [0, 0.05) is 30.6 Å². The monoisotopic (exact) mass is 201 g/mol. The first-order valence-corrected chi connectivity index (χ1v) is 5.13. The van der Waals surface area contributed by atoms with Crippen molar-refractivity contribution >= 4 is 11.9 Å². The van der Waals surface area contributed by atoms with Crippen LogP contribution >= 0.6 is 0 Å². The quantitative estimate of drug-likeness (QED) is 0.714. The maximum Gasteiger partial charge on any atom is 0.0629 e. The third-order valence-electron chi connectivity index (χ3n) is 2.42. The molecule has 1 heterocycles. The Morgan fingerprint density at radius 3 is 2.80 bits per heavy atom. The van der Waals surface area contributed by atoms with E-state index in [1.807, 2.05) is 36.5 Å². The molecule has 15 heavy (non-hydrogen) atoms. The van der Waals surface area contributed by atoms with Crippen molar-refractivity contribution in [2.24, 2.45) is 10.7 Å². The van der Waals surface area contributed by atoms with Crippen LogP contribution in [0, 0.1) is 0 Å². The second-order valence-electron chi connectivity index (χ2n) is 3.57.